The molecule has 2 atom stereocenters. The second-order valence-electron chi connectivity index (χ2n) is 10.5. The van der Waals surface area contributed by atoms with Crippen LogP contribution in [0.4, 0.5) is 10.5 Å². The second-order valence-corrected chi connectivity index (χ2v) is 10.5. The number of para-hydroxylation sites is 1. The van der Waals surface area contributed by atoms with Gasteiger partial charge in [0.1, 0.15) is 5.60 Å². The average Bonchev–Trinajstić information content (AvgIpc) is 3.37. The van der Waals surface area contributed by atoms with Gasteiger partial charge in [-0.1, -0.05) is 43.3 Å². The monoisotopic (exact) mass is 543 g/mol. The van der Waals surface area contributed by atoms with Gasteiger partial charge in [0.05, 0.1) is 17.5 Å². The molecule has 3 N–H and O–H groups in total. The van der Waals surface area contributed by atoms with Crippen molar-refractivity contribution in [3.8, 4) is 11.4 Å². The summed E-state index contributed by atoms with van der Waals surface area (Å²) in [6.07, 6.45) is 1.57. The zero-order valence-electron chi connectivity index (χ0n) is 23.1. The smallest absolute Gasteiger partial charge is 0.408 e. The number of anilines is 1. The summed E-state index contributed by atoms with van der Waals surface area (Å²) >= 11 is 0. The van der Waals surface area contributed by atoms with E-state index in [1.54, 1.807) is 74.8 Å². The molecule has 10 heteroatoms. The first-order valence-electron chi connectivity index (χ1n) is 13.0. The van der Waals surface area contributed by atoms with E-state index in [0.717, 1.165) is 5.56 Å². The van der Waals surface area contributed by atoms with Crippen molar-refractivity contribution < 1.29 is 24.2 Å². The number of alkyl carbamates (subject to hydrolysis) is 1. The SMILES string of the molecule is CCC(C(=O)O)c1ccccc1NC(=O)c1nc(-c2cccc(C(C)NC(=O)OC(C)(C)C)c2)nn2cccc12. The van der Waals surface area contributed by atoms with Crippen LogP contribution in [0.2, 0.25) is 0 Å². The minimum Gasteiger partial charge on any atom is -0.481 e. The van der Waals surface area contributed by atoms with Crippen molar-refractivity contribution in [3.05, 3.63) is 83.7 Å². The Labute approximate surface area is 232 Å². The summed E-state index contributed by atoms with van der Waals surface area (Å²) in [5.41, 5.74) is 2.41. The van der Waals surface area contributed by atoms with Gasteiger partial charge in [-0.3, -0.25) is 9.59 Å². The molecule has 0 bridgehead atoms. The average molecular weight is 544 g/mol. The summed E-state index contributed by atoms with van der Waals surface area (Å²) in [6.45, 7) is 9.03. The van der Waals surface area contributed by atoms with Gasteiger partial charge in [0, 0.05) is 17.4 Å². The Bertz CT molecular complexity index is 1560. The second kappa shape index (κ2) is 11.6. The summed E-state index contributed by atoms with van der Waals surface area (Å²) in [4.78, 5) is 42.2. The number of ether oxygens (including phenoxy) is 1. The molecule has 0 saturated heterocycles. The molecule has 4 rings (SSSR count). The van der Waals surface area contributed by atoms with Crippen LogP contribution in [0.15, 0.2) is 66.9 Å². The van der Waals surface area contributed by atoms with Crippen LogP contribution in [-0.2, 0) is 9.53 Å². The molecular weight excluding hydrogens is 510 g/mol. The van der Waals surface area contributed by atoms with Crippen LogP contribution in [0, 0.1) is 0 Å². The molecule has 0 saturated carbocycles. The Hall–Kier alpha value is -4.73. The van der Waals surface area contributed by atoms with Gasteiger partial charge in [0.2, 0.25) is 0 Å². The number of rotatable bonds is 8. The zero-order valence-corrected chi connectivity index (χ0v) is 23.1. The number of fused-ring (bicyclic) bond motifs is 1. The molecule has 0 aliphatic carbocycles. The summed E-state index contributed by atoms with van der Waals surface area (Å²) < 4.78 is 6.94. The van der Waals surface area contributed by atoms with Gasteiger partial charge in [-0.25, -0.2) is 14.3 Å². The van der Waals surface area contributed by atoms with Gasteiger partial charge in [0.25, 0.3) is 5.91 Å². The van der Waals surface area contributed by atoms with Crippen molar-refractivity contribution in [2.45, 2.75) is 58.6 Å². The van der Waals surface area contributed by atoms with Crippen molar-refractivity contribution in [1.29, 1.82) is 0 Å². The summed E-state index contributed by atoms with van der Waals surface area (Å²) in [7, 11) is 0. The maximum atomic E-state index is 13.5. The van der Waals surface area contributed by atoms with Gasteiger partial charge in [-0.2, -0.15) is 0 Å². The van der Waals surface area contributed by atoms with Gasteiger partial charge in [0.15, 0.2) is 11.5 Å². The van der Waals surface area contributed by atoms with E-state index in [-0.39, 0.29) is 11.7 Å². The fourth-order valence-electron chi connectivity index (χ4n) is 4.36. The fourth-order valence-corrected chi connectivity index (χ4v) is 4.36. The van der Waals surface area contributed by atoms with Crippen molar-refractivity contribution in [2.24, 2.45) is 0 Å². The number of carbonyl (C=O) groups is 3. The highest BCUT2D eigenvalue weighted by Crippen LogP contribution is 2.28. The predicted octanol–water partition coefficient (Wildman–Crippen LogP) is 5.81. The van der Waals surface area contributed by atoms with Crippen molar-refractivity contribution in [3.63, 3.8) is 0 Å². The van der Waals surface area contributed by atoms with Crippen LogP contribution < -0.4 is 10.6 Å². The highest BCUT2D eigenvalue weighted by molar-refractivity contribution is 6.08. The number of carboxylic acids is 1. The molecule has 2 aromatic heterocycles. The van der Waals surface area contributed by atoms with Gasteiger partial charge >= 0.3 is 12.1 Å². The van der Waals surface area contributed by atoms with E-state index in [1.165, 1.54) is 0 Å². The summed E-state index contributed by atoms with van der Waals surface area (Å²) in [5, 5.41) is 19.9. The van der Waals surface area contributed by atoms with Crippen LogP contribution >= 0.6 is 0 Å². The van der Waals surface area contributed by atoms with Crippen LogP contribution in [-0.4, -0.2) is 43.3 Å². The molecule has 4 aromatic rings. The Kier molecular flexibility index (Phi) is 8.18. The van der Waals surface area contributed by atoms with Gasteiger partial charge in [-0.05, 0) is 69.5 Å². The molecule has 2 aromatic carbocycles. The topological polar surface area (TPSA) is 135 Å². The largest absolute Gasteiger partial charge is 0.481 e. The number of hydrogen-bond donors (Lipinski definition) is 3. The van der Waals surface area contributed by atoms with Crippen molar-refractivity contribution in [2.75, 3.05) is 5.32 Å². The van der Waals surface area contributed by atoms with Gasteiger partial charge in [-0.15, -0.1) is 5.10 Å². The molecule has 2 unspecified atom stereocenters. The molecule has 40 heavy (non-hydrogen) atoms. The van der Waals surface area contributed by atoms with Crippen LogP contribution in [0.5, 0.6) is 0 Å². The van der Waals surface area contributed by atoms with Crippen LogP contribution in [0.3, 0.4) is 0 Å². The molecular formula is C30H33N5O5. The summed E-state index contributed by atoms with van der Waals surface area (Å²) in [5.74, 6) is -1.90. The lowest BCUT2D eigenvalue weighted by molar-refractivity contribution is -0.138. The van der Waals surface area contributed by atoms with E-state index in [1.807, 2.05) is 31.2 Å². The standard InChI is InChI=1S/C30H33N5O5/c1-6-21(28(37)38)22-13-7-8-14-23(22)32-27(36)25-24-15-10-16-35(24)34-26(33-25)20-12-9-11-19(17-20)18(2)31-29(39)40-30(3,4)5/h7-18,21H,6H2,1-5H3,(H,31,39)(H,32,36)(H,37,38). The van der Waals surface area contributed by atoms with E-state index in [0.29, 0.717) is 34.6 Å². The van der Waals surface area contributed by atoms with E-state index in [2.05, 4.69) is 20.7 Å². The molecule has 0 aliphatic rings. The number of amides is 2. The number of aliphatic carboxylic acids is 1. The highest BCUT2D eigenvalue weighted by atomic mass is 16.6. The van der Waals surface area contributed by atoms with Crippen molar-refractivity contribution >= 4 is 29.2 Å². The van der Waals surface area contributed by atoms with E-state index in [9.17, 15) is 19.5 Å². The minimum atomic E-state index is -0.960. The molecule has 0 fully saturated rings. The first-order chi connectivity index (χ1) is 19.0. The number of benzene rings is 2. The normalized spacial score (nSPS) is 12.9. The Morgan fingerprint density at radius 1 is 1.05 bits per heavy atom. The molecule has 0 aliphatic heterocycles. The number of aromatic nitrogens is 3. The molecule has 10 nitrogen and oxygen atoms in total. The first-order valence-corrected chi connectivity index (χ1v) is 13.0. The third-order valence-corrected chi connectivity index (χ3v) is 6.27. The lowest BCUT2D eigenvalue weighted by Gasteiger charge is -2.22. The third kappa shape index (κ3) is 6.45. The summed E-state index contributed by atoms with van der Waals surface area (Å²) in [6, 6.07) is 17.4. The van der Waals surface area contributed by atoms with Crippen LogP contribution in [0.25, 0.3) is 16.9 Å². The fraction of sp³-hybridized carbons (Fsp3) is 0.300. The number of carbonyl (C=O) groups excluding carboxylic acids is 2. The van der Waals surface area contributed by atoms with Crippen LogP contribution in [0.1, 0.15) is 74.6 Å². The number of nitrogens with one attached hydrogen (secondary N) is 2. The van der Waals surface area contributed by atoms with E-state index >= 15 is 0 Å². The molecule has 0 spiro atoms. The van der Waals surface area contributed by atoms with E-state index in [4.69, 9.17) is 4.74 Å². The molecule has 208 valence electrons. The molecule has 0 radical (unpaired) electrons. The maximum Gasteiger partial charge on any atom is 0.408 e. The maximum absolute atomic E-state index is 13.5. The Balaban J connectivity index is 1.66. The van der Waals surface area contributed by atoms with Crippen molar-refractivity contribution in [1.82, 2.24) is 19.9 Å². The lowest BCUT2D eigenvalue weighted by atomic mass is 9.95. The third-order valence-electron chi connectivity index (χ3n) is 6.27. The molecule has 2 heterocycles. The number of carboxylic acid groups (broad SMARTS) is 1. The quantitative estimate of drug-likeness (QED) is 0.255. The molecule has 2 amide bonds. The number of nitrogens with zero attached hydrogens (tertiary/aromatic N) is 3. The zero-order chi connectivity index (χ0) is 29.0. The highest BCUT2D eigenvalue weighted by Gasteiger charge is 2.24. The first kappa shape index (κ1) is 28.3. The number of hydrogen-bond acceptors (Lipinski definition) is 6. The minimum absolute atomic E-state index is 0.138. The lowest BCUT2D eigenvalue weighted by Crippen LogP contribution is -2.34. The Morgan fingerprint density at radius 2 is 1.80 bits per heavy atom. The van der Waals surface area contributed by atoms with Gasteiger partial charge < -0.3 is 20.5 Å². The Morgan fingerprint density at radius 3 is 2.50 bits per heavy atom. The van der Waals surface area contributed by atoms with E-state index < -0.39 is 29.5 Å². The predicted molar refractivity (Wildman–Crippen MR) is 151 cm³/mol.